The summed E-state index contributed by atoms with van der Waals surface area (Å²) in [7, 11) is 0. The quantitative estimate of drug-likeness (QED) is 0.165. The Morgan fingerprint density at radius 3 is 1.85 bits per heavy atom. The summed E-state index contributed by atoms with van der Waals surface area (Å²) in [4.78, 5) is 63.1. The molecule has 0 spiro atoms. The lowest BCUT2D eigenvalue weighted by Crippen LogP contribution is -2.51. The number of carbonyl (C=O) groups excluding carboxylic acids is 5. The van der Waals surface area contributed by atoms with Gasteiger partial charge in [-0.2, -0.15) is 0 Å². The minimum absolute atomic E-state index is 0.0650. The van der Waals surface area contributed by atoms with Crippen LogP contribution in [0.1, 0.15) is 91.9 Å². The molecular formula is C29H46N2O8. The third kappa shape index (κ3) is 10.6. The van der Waals surface area contributed by atoms with Gasteiger partial charge in [0.2, 0.25) is 5.91 Å². The number of nitrogens with zero attached hydrogens (tertiary/aromatic N) is 1. The molecule has 0 aromatic carbocycles. The summed E-state index contributed by atoms with van der Waals surface area (Å²) in [5.74, 6) is -1.84. The molecule has 2 fully saturated rings. The molecule has 10 nitrogen and oxygen atoms in total. The molecule has 0 atom stereocenters. The monoisotopic (exact) mass is 550 g/mol. The van der Waals surface area contributed by atoms with E-state index in [1.165, 1.54) is 4.90 Å². The second-order valence-corrected chi connectivity index (χ2v) is 11.1. The van der Waals surface area contributed by atoms with Crippen LogP contribution in [0.5, 0.6) is 0 Å². The van der Waals surface area contributed by atoms with Crippen molar-refractivity contribution < 1.29 is 38.2 Å². The molecule has 0 radical (unpaired) electrons. The minimum atomic E-state index is -0.465. The second kappa shape index (κ2) is 16.3. The van der Waals surface area contributed by atoms with Gasteiger partial charge in [0.1, 0.15) is 6.10 Å². The molecule has 0 heterocycles. The Bertz CT molecular complexity index is 855. The summed E-state index contributed by atoms with van der Waals surface area (Å²) in [6.07, 6.45) is 6.77. The Kier molecular flexibility index (Phi) is 13.5. The largest absolute Gasteiger partial charge is 0.465 e. The first kappa shape index (κ1) is 32.3. The number of carbonyl (C=O) groups is 5. The fourth-order valence-corrected chi connectivity index (χ4v) is 5.08. The van der Waals surface area contributed by atoms with Crippen LogP contribution in [0.3, 0.4) is 0 Å². The number of imide groups is 1. The predicted octanol–water partition coefficient (Wildman–Crippen LogP) is 4.30. The highest BCUT2D eigenvalue weighted by atomic mass is 16.5. The van der Waals surface area contributed by atoms with E-state index in [1.54, 1.807) is 0 Å². The maximum Gasteiger partial charge on any atom is 0.330 e. The van der Waals surface area contributed by atoms with Gasteiger partial charge >= 0.3 is 23.9 Å². The number of amides is 3. The van der Waals surface area contributed by atoms with Crippen LogP contribution in [-0.2, 0) is 33.4 Å². The molecule has 39 heavy (non-hydrogen) atoms. The van der Waals surface area contributed by atoms with Crippen LogP contribution in [0.2, 0.25) is 0 Å². The fraction of sp³-hybridized carbons (Fsp3) is 0.759. The van der Waals surface area contributed by atoms with Gasteiger partial charge in [0.15, 0.2) is 0 Å². The van der Waals surface area contributed by atoms with Crippen LogP contribution in [0.15, 0.2) is 12.7 Å². The number of esters is 3. The molecule has 2 aliphatic rings. The average molecular weight is 551 g/mol. The van der Waals surface area contributed by atoms with Gasteiger partial charge in [-0.25, -0.2) is 9.59 Å². The van der Waals surface area contributed by atoms with Gasteiger partial charge in [-0.3, -0.25) is 19.3 Å². The van der Waals surface area contributed by atoms with Gasteiger partial charge < -0.3 is 19.5 Å². The third-order valence-electron chi connectivity index (χ3n) is 7.28. The number of hydrogen-bond donors (Lipinski definition) is 1. The lowest BCUT2D eigenvalue weighted by atomic mass is 9.81. The first-order chi connectivity index (χ1) is 18.5. The average Bonchev–Trinajstić information content (AvgIpc) is 2.90. The van der Waals surface area contributed by atoms with Crippen molar-refractivity contribution in [3.05, 3.63) is 12.7 Å². The lowest BCUT2D eigenvalue weighted by molar-refractivity contribution is -0.160. The SMILES string of the molecule is C=CC(=O)OCCCCOC(=O)C1CCC(OC(=O)C2CCC(C(=O)N(C(=O)NC(C)C)C(C)C)CC2)CC1. The molecule has 2 rings (SSSR count). The van der Waals surface area contributed by atoms with E-state index in [9.17, 15) is 24.0 Å². The molecule has 0 unspecified atom stereocenters. The molecule has 1 N–H and O–H groups in total. The summed E-state index contributed by atoms with van der Waals surface area (Å²) in [6.45, 7) is 11.2. The lowest BCUT2D eigenvalue weighted by Gasteiger charge is -2.33. The normalized spacial score (nSPS) is 23.0. The predicted molar refractivity (Wildman–Crippen MR) is 144 cm³/mol. The molecule has 0 aromatic rings. The Balaban J connectivity index is 1.68. The Morgan fingerprint density at radius 1 is 0.795 bits per heavy atom. The number of hydrogen-bond acceptors (Lipinski definition) is 8. The van der Waals surface area contributed by atoms with E-state index in [4.69, 9.17) is 14.2 Å². The third-order valence-corrected chi connectivity index (χ3v) is 7.28. The summed E-state index contributed by atoms with van der Waals surface area (Å²) in [6, 6.07) is -0.692. The van der Waals surface area contributed by atoms with E-state index in [0.29, 0.717) is 64.2 Å². The van der Waals surface area contributed by atoms with E-state index in [2.05, 4.69) is 11.9 Å². The van der Waals surface area contributed by atoms with Gasteiger partial charge in [0, 0.05) is 24.1 Å². The van der Waals surface area contributed by atoms with E-state index in [0.717, 1.165) is 6.08 Å². The Morgan fingerprint density at radius 2 is 1.31 bits per heavy atom. The van der Waals surface area contributed by atoms with E-state index in [1.807, 2.05) is 27.7 Å². The molecule has 2 saturated carbocycles. The first-order valence-corrected chi connectivity index (χ1v) is 14.3. The highest BCUT2D eigenvalue weighted by Gasteiger charge is 2.37. The molecule has 2 aliphatic carbocycles. The van der Waals surface area contributed by atoms with Gasteiger partial charge in [-0.15, -0.1) is 0 Å². The van der Waals surface area contributed by atoms with Crippen LogP contribution < -0.4 is 5.32 Å². The van der Waals surface area contributed by atoms with Crippen molar-refractivity contribution in [3.63, 3.8) is 0 Å². The maximum absolute atomic E-state index is 13.1. The number of nitrogens with one attached hydrogen (secondary N) is 1. The molecule has 3 amide bonds. The first-order valence-electron chi connectivity index (χ1n) is 14.3. The van der Waals surface area contributed by atoms with Gasteiger partial charge in [-0.05, 0) is 91.9 Å². The number of urea groups is 1. The highest BCUT2D eigenvalue weighted by Crippen LogP contribution is 2.33. The van der Waals surface area contributed by atoms with Gasteiger partial charge in [0.05, 0.1) is 25.0 Å². The minimum Gasteiger partial charge on any atom is -0.465 e. The van der Waals surface area contributed by atoms with Crippen LogP contribution in [-0.4, -0.2) is 66.1 Å². The van der Waals surface area contributed by atoms with Crippen molar-refractivity contribution >= 4 is 29.8 Å². The zero-order valence-corrected chi connectivity index (χ0v) is 23.9. The number of ether oxygens (including phenoxy) is 3. The highest BCUT2D eigenvalue weighted by molar-refractivity contribution is 5.96. The standard InChI is InChI=1S/C29H46N2O8/c1-6-25(32)37-17-7-8-18-38-27(34)22-13-15-24(16-14-22)39-28(35)23-11-9-21(10-12-23)26(33)31(20(4)5)29(36)30-19(2)3/h6,19-24H,1,7-18H2,2-5H3,(H,30,36). The van der Waals surface area contributed by atoms with E-state index in [-0.39, 0.29) is 73.0 Å². The molecule has 0 bridgehead atoms. The molecule has 10 heteroatoms. The van der Waals surface area contributed by atoms with Crippen LogP contribution in [0, 0.1) is 17.8 Å². The topological polar surface area (TPSA) is 128 Å². The molecule has 0 aromatic heterocycles. The molecular weight excluding hydrogens is 504 g/mol. The van der Waals surface area contributed by atoms with Crippen LogP contribution in [0.4, 0.5) is 4.79 Å². The number of rotatable bonds is 12. The molecule has 0 saturated heterocycles. The summed E-state index contributed by atoms with van der Waals surface area (Å²) >= 11 is 0. The van der Waals surface area contributed by atoms with Gasteiger partial charge in [0.25, 0.3) is 0 Å². The summed E-state index contributed by atoms with van der Waals surface area (Å²) in [5.41, 5.74) is 0. The van der Waals surface area contributed by atoms with E-state index >= 15 is 0 Å². The van der Waals surface area contributed by atoms with Gasteiger partial charge in [-0.1, -0.05) is 6.58 Å². The van der Waals surface area contributed by atoms with Crippen molar-refractivity contribution in [1.29, 1.82) is 0 Å². The smallest absolute Gasteiger partial charge is 0.330 e. The zero-order valence-electron chi connectivity index (χ0n) is 23.9. The molecule has 220 valence electrons. The second-order valence-electron chi connectivity index (χ2n) is 11.1. The van der Waals surface area contributed by atoms with Crippen molar-refractivity contribution in [1.82, 2.24) is 10.2 Å². The molecule has 0 aliphatic heterocycles. The number of unbranched alkanes of at least 4 members (excludes halogenated alkanes) is 1. The fourth-order valence-electron chi connectivity index (χ4n) is 5.08. The van der Waals surface area contributed by atoms with E-state index < -0.39 is 5.97 Å². The Labute approximate surface area is 232 Å². The summed E-state index contributed by atoms with van der Waals surface area (Å²) in [5, 5.41) is 2.79. The van der Waals surface area contributed by atoms with Crippen LogP contribution >= 0.6 is 0 Å². The zero-order chi connectivity index (χ0) is 28.9. The van der Waals surface area contributed by atoms with Crippen molar-refractivity contribution in [2.24, 2.45) is 17.8 Å². The Hall–Kier alpha value is -2.91. The van der Waals surface area contributed by atoms with Crippen LogP contribution in [0.25, 0.3) is 0 Å². The summed E-state index contributed by atoms with van der Waals surface area (Å²) < 4.78 is 16.0. The van der Waals surface area contributed by atoms with Crippen molar-refractivity contribution in [2.45, 2.75) is 110 Å². The van der Waals surface area contributed by atoms with Crippen molar-refractivity contribution in [3.8, 4) is 0 Å². The maximum atomic E-state index is 13.1. The van der Waals surface area contributed by atoms with Crippen molar-refractivity contribution in [2.75, 3.05) is 13.2 Å².